The Morgan fingerprint density at radius 2 is 1.87 bits per heavy atom. The molecule has 0 unspecified atom stereocenters. The molecule has 116 valence electrons. The van der Waals surface area contributed by atoms with E-state index >= 15 is 0 Å². The SMILES string of the molecule is CC1=NN(c2ccc(C)cc2)C(=O)/C1=C/c1ccc([N+](=O)[O-])o1. The summed E-state index contributed by atoms with van der Waals surface area (Å²) in [5, 5.41) is 16.2. The van der Waals surface area contributed by atoms with Gasteiger partial charge in [-0.3, -0.25) is 14.9 Å². The van der Waals surface area contributed by atoms with E-state index in [0.717, 1.165) is 5.56 Å². The van der Waals surface area contributed by atoms with E-state index in [2.05, 4.69) is 5.10 Å². The third-order valence-corrected chi connectivity index (χ3v) is 3.42. The van der Waals surface area contributed by atoms with Crippen LogP contribution >= 0.6 is 0 Å². The summed E-state index contributed by atoms with van der Waals surface area (Å²) in [5.41, 5.74) is 2.61. The van der Waals surface area contributed by atoms with Gasteiger partial charge in [0.2, 0.25) is 0 Å². The molecule has 0 radical (unpaired) electrons. The van der Waals surface area contributed by atoms with Crippen LogP contribution in [0.25, 0.3) is 6.08 Å². The lowest BCUT2D eigenvalue weighted by atomic mass is 10.1. The number of nitrogens with zero attached hydrogens (tertiary/aromatic N) is 3. The largest absolute Gasteiger partial charge is 0.433 e. The van der Waals surface area contributed by atoms with Crippen LogP contribution < -0.4 is 5.01 Å². The zero-order valence-electron chi connectivity index (χ0n) is 12.5. The quantitative estimate of drug-likeness (QED) is 0.494. The van der Waals surface area contributed by atoms with Gasteiger partial charge in [-0.05, 0) is 38.1 Å². The Bertz CT molecular complexity index is 846. The third kappa shape index (κ3) is 2.76. The number of hydrazone groups is 1. The van der Waals surface area contributed by atoms with Gasteiger partial charge < -0.3 is 4.42 Å². The highest BCUT2D eigenvalue weighted by Gasteiger charge is 2.29. The molecule has 0 saturated carbocycles. The Labute approximate surface area is 131 Å². The summed E-state index contributed by atoms with van der Waals surface area (Å²) in [4.78, 5) is 22.5. The molecule has 23 heavy (non-hydrogen) atoms. The van der Waals surface area contributed by atoms with E-state index in [1.165, 1.54) is 23.2 Å². The first-order valence-corrected chi connectivity index (χ1v) is 6.88. The number of anilines is 1. The first-order chi connectivity index (χ1) is 11.0. The Morgan fingerprint density at radius 3 is 2.48 bits per heavy atom. The molecule has 1 aromatic heterocycles. The predicted octanol–water partition coefficient (Wildman–Crippen LogP) is 3.30. The van der Waals surface area contributed by atoms with Crippen LogP contribution in [0.1, 0.15) is 18.2 Å². The highest BCUT2D eigenvalue weighted by molar-refractivity contribution is 6.32. The maximum absolute atomic E-state index is 12.5. The molecule has 0 atom stereocenters. The molecule has 7 nitrogen and oxygen atoms in total. The van der Waals surface area contributed by atoms with Crippen molar-refractivity contribution >= 4 is 29.3 Å². The molecule has 1 aliphatic rings. The highest BCUT2D eigenvalue weighted by atomic mass is 16.6. The van der Waals surface area contributed by atoms with Crippen LogP contribution in [0.2, 0.25) is 0 Å². The van der Waals surface area contributed by atoms with E-state index in [-0.39, 0.29) is 17.6 Å². The minimum atomic E-state index is -0.627. The van der Waals surface area contributed by atoms with Gasteiger partial charge in [-0.2, -0.15) is 10.1 Å². The average Bonchev–Trinajstić information content (AvgIpc) is 3.09. The van der Waals surface area contributed by atoms with Crippen molar-refractivity contribution in [3.63, 3.8) is 0 Å². The van der Waals surface area contributed by atoms with Gasteiger partial charge in [-0.25, -0.2) is 0 Å². The molecule has 0 fully saturated rings. The summed E-state index contributed by atoms with van der Waals surface area (Å²) in [5.74, 6) is -0.432. The molecule has 0 N–H and O–H groups in total. The lowest BCUT2D eigenvalue weighted by molar-refractivity contribution is -0.402. The normalized spacial score (nSPS) is 16.1. The summed E-state index contributed by atoms with van der Waals surface area (Å²) in [7, 11) is 0. The Balaban J connectivity index is 1.91. The Hall–Kier alpha value is -3.22. The maximum Gasteiger partial charge on any atom is 0.433 e. The second kappa shape index (κ2) is 5.53. The number of hydrogen-bond acceptors (Lipinski definition) is 5. The smallest absolute Gasteiger partial charge is 0.401 e. The van der Waals surface area contributed by atoms with Crippen LogP contribution in [0.15, 0.2) is 51.5 Å². The van der Waals surface area contributed by atoms with Crippen LogP contribution in [-0.4, -0.2) is 16.5 Å². The Kier molecular flexibility index (Phi) is 3.53. The molecule has 2 aromatic rings. The van der Waals surface area contributed by atoms with Gasteiger partial charge in [-0.1, -0.05) is 17.7 Å². The zero-order valence-corrected chi connectivity index (χ0v) is 12.5. The second-order valence-electron chi connectivity index (χ2n) is 5.13. The van der Waals surface area contributed by atoms with Gasteiger partial charge >= 0.3 is 5.88 Å². The standard InChI is InChI=1S/C16H13N3O4/c1-10-3-5-12(6-4-10)18-16(20)14(11(2)17-18)9-13-7-8-15(23-13)19(21)22/h3-9H,1-2H3/b14-9+. The molecular weight excluding hydrogens is 298 g/mol. The van der Waals surface area contributed by atoms with Crippen molar-refractivity contribution in [1.29, 1.82) is 0 Å². The summed E-state index contributed by atoms with van der Waals surface area (Å²) >= 11 is 0. The minimum absolute atomic E-state index is 0.236. The number of hydrogen-bond donors (Lipinski definition) is 0. The first kappa shape index (κ1) is 14.7. The molecule has 0 saturated heterocycles. The monoisotopic (exact) mass is 311 g/mol. The van der Waals surface area contributed by atoms with E-state index in [0.29, 0.717) is 17.0 Å². The van der Waals surface area contributed by atoms with Gasteiger partial charge in [0.15, 0.2) is 0 Å². The number of carbonyl (C=O) groups excluding carboxylic acids is 1. The third-order valence-electron chi connectivity index (χ3n) is 3.42. The van der Waals surface area contributed by atoms with Crippen LogP contribution in [0, 0.1) is 17.0 Å². The van der Waals surface area contributed by atoms with Crippen LogP contribution in [-0.2, 0) is 4.79 Å². The molecule has 0 spiro atoms. The van der Waals surface area contributed by atoms with Gasteiger partial charge in [0, 0.05) is 0 Å². The summed E-state index contributed by atoms with van der Waals surface area (Å²) < 4.78 is 5.06. The average molecular weight is 311 g/mol. The van der Waals surface area contributed by atoms with Gasteiger partial charge in [0.05, 0.1) is 23.0 Å². The molecule has 0 bridgehead atoms. The number of carbonyl (C=O) groups is 1. The van der Waals surface area contributed by atoms with Gasteiger partial charge in [0.1, 0.15) is 10.7 Å². The van der Waals surface area contributed by atoms with Gasteiger partial charge in [-0.15, -0.1) is 0 Å². The number of furan rings is 1. The van der Waals surface area contributed by atoms with Crippen LogP contribution in [0.4, 0.5) is 11.6 Å². The maximum atomic E-state index is 12.5. The van der Waals surface area contributed by atoms with E-state index in [1.54, 1.807) is 6.92 Å². The molecule has 1 amide bonds. The molecule has 0 aliphatic carbocycles. The van der Waals surface area contributed by atoms with Gasteiger partial charge in [0.25, 0.3) is 5.91 Å². The number of nitro groups is 1. The van der Waals surface area contributed by atoms with Crippen molar-refractivity contribution < 1.29 is 14.1 Å². The number of benzene rings is 1. The van der Waals surface area contributed by atoms with E-state index in [9.17, 15) is 14.9 Å². The van der Waals surface area contributed by atoms with Crippen molar-refractivity contribution in [3.05, 3.63) is 63.4 Å². The zero-order chi connectivity index (χ0) is 16.6. The lowest BCUT2D eigenvalue weighted by Crippen LogP contribution is -2.21. The van der Waals surface area contributed by atoms with Crippen molar-refractivity contribution in [3.8, 4) is 0 Å². The fraction of sp³-hybridized carbons (Fsp3) is 0.125. The predicted molar refractivity (Wildman–Crippen MR) is 85.1 cm³/mol. The topological polar surface area (TPSA) is 89.0 Å². The summed E-state index contributed by atoms with van der Waals surface area (Å²) in [6.07, 6.45) is 1.46. The second-order valence-corrected chi connectivity index (χ2v) is 5.13. The van der Waals surface area contributed by atoms with E-state index < -0.39 is 4.92 Å². The van der Waals surface area contributed by atoms with Crippen LogP contribution in [0.5, 0.6) is 0 Å². The highest BCUT2D eigenvalue weighted by Crippen LogP contribution is 2.26. The summed E-state index contributed by atoms with van der Waals surface area (Å²) in [6, 6.07) is 10.1. The fourth-order valence-electron chi connectivity index (χ4n) is 2.21. The molecule has 1 aliphatic heterocycles. The van der Waals surface area contributed by atoms with Crippen molar-refractivity contribution in [2.24, 2.45) is 5.10 Å². The molecule has 7 heteroatoms. The molecule has 1 aromatic carbocycles. The molecule has 2 heterocycles. The minimum Gasteiger partial charge on any atom is -0.401 e. The van der Waals surface area contributed by atoms with Crippen molar-refractivity contribution in [2.45, 2.75) is 13.8 Å². The number of amides is 1. The van der Waals surface area contributed by atoms with E-state index in [1.807, 2.05) is 31.2 Å². The van der Waals surface area contributed by atoms with Crippen molar-refractivity contribution in [2.75, 3.05) is 5.01 Å². The summed E-state index contributed by atoms with van der Waals surface area (Å²) in [6.45, 7) is 3.66. The number of rotatable bonds is 3. The van der Waals surface area contributed by atoms with Crippen molar-refractivity contribution in [1.82, 2.24) is 0 Å². The molecular formula is C16H13N3O4. The molecule has 3 rings (SSSR count). The lowest BCUT2D eigenvalue weighted by Gasteiger charge is -2.11. The Morgan fingerprint density at radius 1 is 1.17 bits per heavy atom. The van der Waals surface area contributed by atoms with Crippen LogP contribution in [0.3, 0.4) is 0 Å². The van der Waals surface area contributed by atoms with E-state index in [4.69, 9.17) is 4.42 Å². The first-order valence-electron chi connectivity index (χ1n) is 6.88. The number of aryl methyl sites for hydroxylation is 1. The fourth-order valence-corrected chi connectivity index (χ4v) is 2.21.